The summed E-state index contributed by atoms with van der Waals surface area (Å²) in [4.78, 5) is 21.9. The summed E-state index contributed by atoms with van der Waals surface area (Å²) in [6, 6.07) is 21.6. The lowest BCUT2D eigenvalue weighted by atomic mass is 9.99. The van der Waals surface area contributed by atoms with Crippen molar-refractivity contribution in [1.29, 1.82) is 0 Å². The topological polar surface area (TPSA) is 72.8 Å². The third-order valence-corrected chi connectivity index (χ3v) is 5.75. The van der Waals surface area contributed by atoms with Gasteiger partial charge in [0.2, 0.25) is 0 Å². The highest BCUT2D eigenvalue weighted by Crippen LogP contribution is 2.27. The molecule has 2 aliphatic rings. The number of nitrogens with zero attached hydrogens (tertiary/aromatic N) is 2. The first kappa shape index (κ1) is 21.2. The number of ether oxygens (including phenoxy) is 2. The van der Waals surface area contributed by atoms with E-state index in [2.05, 4.69) is 28.5 Å². The lowest BCUT2D eigenvalue weighted by Crippen LogP contribution is -2.27. The minimum absolute atomic E-state index is 0.105. The van der Waals surface area contributed by atoms with Crippen LogP contribution in [-0.4, -0.2) is 42.9 Å². The largest absolute Gasteiger partial charge is 0.352 e. The van der Waals surface area contributed by atoms with Crippen molar-refractivity contribution < 1.29 is 14.3 Å². The summed E-state index contributed by atoms with van der Waals surface area (Å²) in [7, 11) is 0. The van der Waals surface area contributed by atoms with E-state index < -0.39 is 0 Å². The Kier molecular flexibility index (Phi) is 6.37. The summed E-state index contributed by atoms with van der Waals surface area (Å²) in [6.07, 6.45) is 4.24. The van der Waals surface area contributed by atoms with Crippen molar-refractivity contribution in [2.75, 3.05) is 26.3 Å². The number of carbonyl (C=O) groups excluding carboxylic acids is 1. The van der Waals surface area contributed by atoms with E-state index in [-0.39, 0.29) is 12.2 Å². The zero-order chi connectivity index (χ0) is 22.5. The van der Waals surface area contributed by atoms with Crippen LogP contribution in [-0.2, 0) is 15.9 Å². The highest BCUT2D eigenvalue weighted by Gasteiger charge is 2.20. The fourth-order valence-corrected chi connectivity index (χ4v) is 4.02. The van der Waals surface area contributed by atoms with Crippen LogP contribution in [0, 0.1) is 0 Å². The van der Waals surface area contributed by atoms with Gasteiger partial charge in [0, 0.05) is 41.5 Å². The molecule has 0 aliphatic carbocycles. The highest BCUT2D eigenvalue weighted by molar-refractivity contribution is 6.19. The minimum Gasteiger partial charge on any atom is -0.352 e. The molecule has 2 aromatic carbocycles. The molecular formula is C27H25N3O3. The van der Waals surface area contributed by atoms with E-state index in [9.17, 15) is 4.79 Å². The van der Waals surface area contributed by atoms with Crippen molar-refractivity contribution >= 4 is 17.2 Å². The zero-order valence-electron chi connectivity index (χ0n) is 18.2. The van der Waals surface area contributed by atoms with E-state index in [1.54, 1.807) is 6.20 Å². The summed E-state index contributed by atoms with van der Waals surface area (Å²) in [5.74, 6) is -0.105. The fraction of sp³-hybridized carbons (Fsp3) is 0.222. The van der Waals surface area contributed by atoms with Crippen LogP contribution in [0.5, 0.6) is 0 Å². The molecule has 0 radical (unpaired) electrons. The molecule has 0 bridgehead atoms. The van der Waals surface area contributed by atoms with Gasteiger partial charge in [-0.05, 0) is 35.4 Å². The van der Waals surface area contributed by atoms with Crippen LogP contribution in [0.15, 0.2) is 84.0 Å². The Morgan fingerprint density at radius 3 is 2.55 bits per heavy atom. The zero-order valence-corrected chi connectivity index (χ0v) is 18.2. The summed E-state index contributed by atoms with van der Waals surface area (Å²) in [5.41, 5.74) is 6.49. The second-order valence-corrected chi connectivity index (χ2v) is 7.94. The van der Waals surface area contributed by atoms with E-state index in [0.29, 0.717) is 38.3 Å². The van der Waals surface area contributed by atoms with E-state index in [1.807, 2.05) is 54.6 Å². The molecule has 3 aromatic rings. The number of amides is 1. The number of allylic oxidation sites excluding steroid dienone is 1. The van der Waals surface area contributed by atoms with Crippen molar-refractivity contribution in [2.45, 2.75) is 12.7 Å². The van der Waals surface area contributed by atoms with Crippen LogP contribution in [0.3, 0.4) is 0 Å². The van der Waals surface area contributed by atoms with Gasteiger partial charge >= 0.3 is 0 Å². The average molecular weight is 440 g/mol. The van der Waals surface area contributed by atoms with Crippen LogP contribution in [0.2, 0.25) is 0 Å². The highest BCUT2D eigenvalue weighted by atomic mass is 16.7. The second kappa shape index (κ2) is 9.90. The number of hydrogen-bond donors (Lipinski definition) is 1. The van der Waals surface area contributed by atoms with Gasteiger partial charge in [-0.2, -0.15) is 0 Å². The van der Waals surface area contributed by atoms with Crippen molar-refractivity contribution in [3.05, 3.63) is 107 Å². The number of nitrogens with one attached hydrogen (secondary N) is 1. The fourth-order valence-electron chi connectivity index (χ4n) is 4.02. The molecule has 2 aliphatic heterocycles. The quantitative estimate of drug-likeness (QED) is 0.604. The van der Waals surface area contributed by atoms with Crippen LogP contribution >= 0.6 is 0 Å². The van der Waals surface area contributed by atoms with E-state index in [0.717, 1.165) is 33.7 Å². The Balaban J connectivity index is 1.27. The van der Waals surface area contributed by atoms with Crippen LogP contribution in [0.4, 0.5) is 0 Å². The molecule has 5 rings (SSSR count). The first-order chi connectivity index (χ1) is 16.3. The van der Waals surface area contributed by atoms with Gasteiger partial charge in [0.1, 0.15) is 0 Å². The van der Waals surface area contributed by atoms with Gasteiger partial charge in [-0.25, -0.2) is 0 Å². The molecule has 166 valence electrons. The smallest absolute Gasteiger partial charge is 0.251 e. The lowest BCUT2D eigenvalue weighted by Gasteiger charge is -2.10. The maximum Gasteiger partial charge on any atom is 0.251 e. The Bertz CT molecular complexity index is 1180. The van der Waals surface area contributed by atoms with E-state index >= 15 is 0 Å². The molecule has 1 fully saturated rings. The molecule has 1 aromatic heterocycles. The molecule has 0 saturated carbocycles. The molecule has 0 atom stereocenters. The molecule has 33 heavy (non-hydrogen) atoms. The monoisotopic (exact) mass is 439 g/mol. The lowest BCUT2D eigenvalue weighted by molar-refractivity contribution is -0.0441. The van der Waals surface area contributed by atoms with Gasteiger partial charge in [-0.3, -0.25) is 14.8 Å². The van der Waals surface area contributed by atoms with Gasteiger partial charge in [0.15, 0.2) is 6.29 Å². The summed E-state index contributed by atoms with van der Waals surface area (Å²) < 4.78 is 11.1. The number of pyridine rings is 1. The van der Waals surface area contributed by atoms with Crippen molar-refractivity contribution in [3.8, 4) is 0 Å². The summed E-state index contributed by atoms with van der Waals surface area (Å²) in [5, 5.41) is 3.01. The Morgan fingerprint density at radius 1 is 0.970 bits per heavy atom. The summed E-state index contributed by atoms with van der Waals surface area (Å²) in [6.45, 7) is 2.37. The Labute approximate surface area is 193 Å². The molecule has 1 N–H and O–H groups in total. The predicted molar refractivity (Wildman–Crippen MR) is 127 cm³/mol. The molecule has 6 heteroatoms. The molecular weight excluding hydrogens is 414 g/mol. The molecule has 0 spiro atoms. The number of aliphatic imine (C=N–C) groups is 1. The van der Waals surface area contributed by atoms with Crippen molar-refractivity contribution in [2.24, 2.45) is 4.99 Å². The molecule has 6 nitrogen and oxygen atoms in total. The standard InChI is InChI=1S/C27H25N3O3/c31-26(29-14-12-22-5-3-4-13-28-22)24-7-2-1-6-23(24)25-17-21(18-30-25)19-8-10-20(11-9-19)27-32-15-16-33-27/h1-11,13,17,27H,12,14-16,18H2,(H,29,31). The van der Waals surface area contributed by atoms with Gasteiger partial charge in [-0.15, -0.1) is 0 Å². The Morgan fingerprint density at radius 2 is 1.76 bits per heavy atom. The van der Waals surface area contributed by atoms with Gasteiger partial charge in [0.25, 0.3) is 5.91 Å². The van der Waals surface area contributed by atoms with Crippen LogP contribution < -0.4 is 5.32 Å². The van der Waals surface area contributed by atoms with Crippen LogP contribution in [0.1, 0.15) is 39.0 Å². The third kappa shape index (κ3) is 4.92. The number of aromatic nitrogens is 1. The van der Waals surface area contributed by atoms with E-state index in [1.165, 1.54) is 0 Å². The predicted octanol–water partition coefficient (Wildman–Crippen LogP) is 3.99. The first-order valence-electron chi connectivity index (χ1n) is 11.1. The van der Waals surface area contributed by atoms with Crippen molar-refractivity contribution in [3.63, 3.8) is 0 Å². The number of hydrogen-bond acceptors (Lipinski definition) is 5. The normalized spacial score (nSPS) is 15.9. The first-order valence-corrected chi connectivity index (χ1v) is 11.1. The molecule has 1 saturated heterocycles. The third-order valence-electron chi connectivity index (χ3n) is 5.75. The number of carbonyl (C=O) groups is 1. The SMILES string of the molecule is O=C(NCCc1ccccn1)c1ccccc1C1=NCC(c2ccc(C3OCCO3)cc2)=C1. The summed E-state index contributed by atoms with van der Waals surface area (Å²) >= 11 is 0. The molecule has 3 heterocycles. The van der Waals surface area contributed by atoms with Crippen molar-refractivity contribution in [1.82, 2.24) is 10.3 Å². The van der Waals surface area contributed by atoms with Gasteiger partial charge in [0.05, 0.1) is 25.5 Å². The maximum atomic E-state index is 12.9. The van der Waals surface area contributed by atoms with Gasteiger partial charge in [-0.1, -0.05) is 48.5 Å². The number of benzene rings is 2. The Hall–Kier alpha value is -3.61. The number of rotatable bonds is 7. The molecule has 0 unspecified atom stereocenters. The second-order valence-electron chi connectivity index (χ2n) is 7.94. The minimum atomic E-state index is -0.272. The van der Waals surface area contributed by atoms with Crippen LogP contribution in [0.25, 0.3) is 5.57 Å². The average Bonchev–Trinajstić information content (AvgIpc) is 3.58. The van der Waals surface area contributed by atoms with E-state index in [4.69, 9.17) is 14.5 Å². The molecule has 1 amide bonds. The maximum absolute atomic E-state index is 12.9. The van der Waals surface area contributed by atoms with Gasteiger partial charge < -0.3 is 14.8 Å².